The van der Waals surface area contributed by atoms with Crippen LogP contribution in [0.15, 0.2) is 36.4 Å². The smallest absolute Gasteiger partial charge is 0.118 e. The van der Waals surface area contributed by atoms with Crippen LogP contribution in [0.4, 0.5) is 0 Å². The molecule has 0 fully saturated rings. The Hall–Kier alpha value is -1.96. The highest BCUT2D eigenvalue weighted by Crippen LogP contribution is 2.18. The van der Waals surface area contributed by atoms with Gasteiger partial charge in [0.15, 0.2) is 0 Å². The third-order valence-corrected chi connectivity index (χ3v) is 3.15. The fourth-order valence-corrected chi connectivity index (χ4v) is 1.47. The normalized spacial score (nSPS) is 9.56. The molecule has 0 radical (unpaired) electrons. The van der Waals surface area contributed by atoms with E-state index in [0.29, 0.717) is 11.5 Å². The molecular formula is C16H20O2. The number of benzene rings is 2. The van der Waals surface area contributed by atoms with E-state index in [2.05, 4.69) is 0 Å². The van der Waals surface area contributed by atoms with Crippen molar-refractivity contribution in [3.8, 4) is 11.5 Å². The molecule has 2 aromatic rings. The van der Waals surface area contributed by atoms with E-state index >= 15 is 0 Å². The largest absolute Gasteiger partial charge is 0.508 e. The molecule has 0 unspecified atom stereocenters. The third-order valence-electron chi connectivity index (χ3n) is 3.15. The Labute approximate surface area is 109 Å². The lowest BCUT2D eigenvalue weighted by Crippen LogP contribution is -1.78. The quantitative estimate of drug-likeness (QED) is 0.735. The molecule has 0 bridgehead atoms. The monoisotopic (exact) mass is 244 g/mol. The number of aromatic hydroxyl groups is 2. The van der Waals surface area contributed by atoms with Gasteiger partial charge in [0.25, 0.3) is 0 Å². The zero-order chi connectivity index (χ0) is 13.7. The molecule has 2 nitrogen and oxygen atoms in total. The molecule has 0 aromatic heterocycles. The molecule has 0 amide bonds. The first-order valence-corrected chi connectivity index (χ1v) is 5.94. The Balaban J connectivity index is 0.000000180. The lowest BCUT2D eigenvalue weighted by Gasteiger charge is -1.99. The molecule has 0 saturated heterocycles. The number of rotatable bonds is 0. The maximum atomic E-state index is 9.10. The predicted molar refractivity (Wildman–Crippen MR) is 75.2 cm³/mol. The van der Waals surface area contributed by atoms with Crippen LogP contribution in [0.2, 0.25) is 0 Å². The Morgan fingerprint density at radius 3 is 1.17 bits per heavy atom. The third kappa shape index (κ3) is 3.52. The number of phenolic OH excluding ortho intramolecular Hbond substituents is 2. The molecule has 18 heavy (non-hydrogen) atoms. The second kappa shape index (κ2) is 6.10. The summed E-state index contributed by atoms with van der Waals surface area (Å²) in [7, 11) is 0. The van der Waals surface area contributed by atoms with Crippen molar-refractivity contribution in [3.63, 3.8) is 0 Å². The van der Waals surface area contributed by atoms with Crippen molar-refractivity contribution in [1.29, 1.82) is 0 Å². The first kappa shape index (κ1) is 14.1. The van der Waals surface area contributed by atoms with E-state index in [4.69, 9.17) is 10.2 Å². The summed E-state index contributed by atoms with van der Waals surface area (Å²) >= 11 is 0. The fraction of sp³-hybridized carbons (Fsp3) is 0.250. The van der Waals surface area contributed by atoms with Crippen LogP contribution >= 0.6 is 0 Å². The molecule has 96 valence electrons. The molecule has 0 spiro atoms. The summed E-state index contributed by atoms with van der Waals surface area (Å²) in [5.74, 6) is 0.769. The molecular weight excluding hydrogens is 224 g/mol. The van der Waals surface area contributed by atoms with Gasteiger partial charge in [-0.2, -0.15) is 0 Å². The van der Waals surface area contributed by atoms with Gasteiger partial charge in [-0.3, -0.25) is 0 Å². The van der Waals surface area contributed by atoms with E-state index < -0.39 is 0 Å². The van der Waals surface area contributed by atoms with Gasteiger partial charge in [-0.25, -0.2) is 0 Å². The van der Waals surface area contributed by atoms with E-state index in [1.54, 1.807) is 12.1 Å². The van der Waals surface area contributed by atoms with Crippen LogP contribution in [-0.4, -0.2) is 10.2 Å². The van der Waals surface area contributed by atoms with E-state index in [1.807, 2.05) is 52.0 Å². The zero-order valence-corrected chi connectivity index (χ0v) is 11.4. The highest BCUT2D eigenvalue weighted by Gasteiger charge is 1.95. The number of hydrogen-bond donors (Lipinski definition) is 2. The maximum absolute atomic E-state index is 9.10. The van der Waals surface area contributed by atoms with Crippen molar-refractivity contribution < 1.29 is 10.2 Å². The highest BCUT2D eigenvalue weighted by molar-refractivity contribution is 5.37. The van der Waals surface area contributed by atoms with Crippen LogP contribution in [0.5, 0.6) is 11.5 Å². The van der Waals surface area contributed by atoms with Gasteiger partial charge in [-0.15, -0.1) is 0 Å². The minimum Gasteiger partial charge on any atom is -0.508 e. The van der Waals surface area contributed by atoms with E-state index in [9.17, 15) is 0 Å². The molecule has 2 N–H and O–H groups in total. The van der Waals surface area contributed by atoms with E-state index in [-0.39, 0.29) is 0 Å². The summed E-state index contributed by atoms with van der Waals surface area (Å²) in [6.07, 6.45) is 0. The summed E-state index contributed by atoms with van der Waals surface area (Å²) in [6.45, 7) is 7.78. The van der Waals surface area contributed by atoms with Crippen LogP contribution in [0.3, 0.4) is 0 Å². The van der Waals surface area contributed by atoms with Crippen LogP contribution in [0.25, 0.3) is 0 Å². The molecule has 2 heteroatoms. The maximum Gasteiger partial charge on any atom is 0.118 e. The average molecular weight is 244 g/mol. The summed E-state index contributed by atoms with van der Waals surface area (Å²) in [5.41, 5.74) is 4.21. The number of hydrogen-bond acceptors (Lipinski definition) is 2. The van der Waals surface area contributed by atoms with Crippen molar-refractivity contribution in [3.05, 3.63) is 58.7 Å². The van der Waals surface area contributed by atoms with Gasteiger partial charge in [-0.05, 0) is 62.1 Å². The first-order valence-electron chi connectivity index (χ1n) is 5.94. The second-order valence-corrected chi connectivity index (χ2v) is 4.44. The minimum absolute atomic E-state index is 0.384. The average Bonchev–Trinajstić information content (AvgIpc) is 2.34. The lowest BCUT2D eigenvalue weighted by molar-refractivity contribution is 0.470. The lowest BCUT2D eigenvalue weighted by atomic mass is 10.1. The predicted octanol–water partition coefficient (Wildman–Crippen LogP) is 4.02. The molecule has 0 aliphatic carbocycles. The van der Waals surface area contributed by atoms with Gasteiger partial charge in [0, 0.05) is 0 Å². The van der Waals surface area contributed by atoms with Crippen molar-refractivity contribution in [2.24, 2.45) is 0 Å². The molecule has 2 rings (SSSR count). The summed E-state index contributed by atoms with van der Waals surface area (Å²) in [4.78, 5) is 0. The molecule has 0 atom stereocenters. The number of phenols is 2. The molecule has 0 saturated carbocycles. The van der Waals surface area contributed by atoms with Gasteiger partial charge in [0.1, 0.15) is 11.5 Å². The van der Waals surface area contributed by atoms with Crippen LogP contribution in [0, 0.1) is 27.7 Å². The molecule has 0 aliphatic rings. The SMILES string of the molecule is Cc1cccc(O)c1C.Cc1cccc(O)c1C. The van der Waals surface area contributed by atoms with Crippen LogP contribution in [-0.2, 0) is 0 Å². The topological polar surface area (TPSA) is 40.5 Å². The standard InChI is InChI=1S/2C8H10O/c2*1-6-4-3-5-8(9)7(6)2/h2*3-5,9H,1-2H3. The summed E-state index contributed by atoms with van der Waals surface area (Å²) in [6, 6.07) is 11.0. The van der Waals surface area contributed by atoms with Crippen molar-refractivity contribution in [1.82, 2.24) is 0 Å². The highest BCUT2D eigenvalue weighted by atomic mass is 16.3. The van der Waals surface area contributed by atoms with Gasteiger partial charge < -0.3 is 10.2 Å². The van der Waals surface area contributed by atoms with Crippen LogP contribution < -0.4 is 0 Å². The molecule has 0 aliphatic heterocycles. The summed E-state index contributed by atoms with van der Waals surface area (Å²) in [5, 5.41) is 18.2. The molecule has 0 heterocycles. The second-order valence-electron chi connectivity index (χ2n) is 4.44. The van der Waals surface area contributed by atoms with Gasteiger partial charge in [0.05, 0.1) is 0 Å². The Morgan fingerprint density at radius 1 is 0.611 bits per heavy atom. The Morgan fingerprint density at radius 2 is 0.944 bits per heavy atom. The Kier molecular flexibility index (Phi) is 4.78. The molecule has 2 aromatic carbocycles. The fourth-order valence-electron chi connectivity index (χ4n) is 1.47. The van der Waals surface area contributed by atoms with Gasteiger partial charge in [0.2, 0.25) is 0 Å². The minimum atomic E-state index is 0.384. The Bertz CT molecular complexity index is 441. The van der Waals surface area contributed by atoms with Gasteiger partial charge >= 0.3 is 0 Å². The van der Waals surface area contributed by atoms with Crippen molar-refractivity contribution in [2.45, 2.75) is 27.7 Å². The first-order chi connectivity index (χ1) is 8.43. The van der Waals surface area contributed by atoms with Crippen LogP contribution in [0.1, 0.15) is 22.3 Å². The zero-order valence-electron chi connectivity index (χ0n) is 11.4. The number of aryl methyl sites for hydroxylation is 2. The van der Waals surface area contributed by atoms with Crippen molar-refractivity contribution >= 4 is 0 Å². The summed E-state index contributed by atoms with van der Waals surface area (Å²) < 4.78 is 0. The van der Waals surface area contributed by atoms with Gasteiger partial charge in [-0.1, -0.05) is 24.3 Å². The van der Waals surface area contributed by atoms with Crippen molar-refractivity contribution in [2.75, 3.05) is 0 Å². The van der Waals surface area contributed by atoms with E-state index in [1.165, 1.54) is 0 Å². The van der Waals surface area contributed by atoms with E-state index in [0.717, 1.165) is 22.3 Å².